The molecule has 0 aromatic heterocycles. The summed E-state index contributed by atoms with van der Waals surface area (Å²) in [6, 6.07) is 17.8. The summed E-state index contributed by atoms with van der Waals surface area (Å²) in [6.07, 6.45) is 0. The highest BCUT2D eigenvalue weighted by atomic mass is 79.9. The van der Waals surface area contributed by atoms with Crippen LogP contribution in [0.3, 0.4) is 0 Å². The second kappa shape index (κ2) is 7.84. The van der Waals surface area contributed by atoms with Crippen LogP contribution in [0, 0.1) is 0 Å². The Morgan fingerprint density at radius 1 is 1.10 bits per heavy atom. The van der Waals surface area contributed by atoms with Gasteiger partial charge in [0.1, 0.15) is 0 Å². The summed E-state index contributed by atoms with van der Waals surface area (Å²) >= 11 is 3.39. The summed E-state index contributed by atoms with van der Waals surface area (Å²) in [5, 5.41) is 3.75. The molecule has 0 spiro atoms. The molecule has 2 aromatic rings. The number of hydrogen-bond donors (Lipinski definition) is 1. The fourth-order valence-corrected chi connectivity index (χ4v) is 2.37. The number of nitrogens with zero attached hydrogens (tertiary/aromatic N) is 1. The molecule has 2 rings (SSSR count). The molecular weight excluding hydrogens is 328 g/mol. The highest BCUT2D eigenvalue weighted by molar-refractivity contribution is 9.08. The number of anilines is 1. The lowest BCUT2D eigenvalue weighted by Gasteiger charge is -2.19. The fourth-order valence-electron chi connectivity index (χ4n) is 2.00. The summed E-state index contributed by atoms with van der Waals surface area (Å²) in [4.78, 5) is 14.1. The van der Waals surface area contributed by atoms with Crippen molar-refractivity contribution in [2.75, 3.05) is 25.0 Å². The molecule has 3 nitrogen and oxygen atoms in total. The van der Waals surface area contributed by atoms with Crippen molar-refractivity contribution in [1.29, 1.82) is 0 Å². The molecule has 0 aliphatic heterocycles. The molecule has 0 heterocycles. The number of likely N-dealkylation sites (N-methyl/N-ethyl adjacent to an activating group) is 1. The quantitative estimate of drug-likeness (QED) is 0.812. The Hall–Kier alpha value is -1.81. The molecule has 0 unspecified atom stereocenters. The second-order valence-electron chi connectivity index (χ2n) is 4.84. The standard InChI is InChI=1S/C17H19BrN2O/c1-20(16-5-3-2-4-6-16)12-11-19-17(21)15-9-7-14(13-18)8-10-15/h2-10H,11-13H2,1H3,(H,19,21). The van der Waals surface area contributed by atoms with Gasteiger partial charge in [-0.2, -0.15) is 0 Å². The molecule has 0 fully saturated rings. The van der Waals surface area contributed by atoms with Crippen LogP contribution in [0.15, 0.2) is 54.6 Å². The zero-order valence-electron chi connectivity index (χ0n) is 12.1. The number of rotatable bonds is 6. The molecule has 0 saturated carbocycles. The number of alkyl halides is 1. The van der Waals surface area contributed by atoms with Gasteiger partial charge < -0.3 is 10.2 Å². The maximum absolute atomic E-state index is 12.0. The van der Waals surface area contributed by atoms with Crippen molar-refractivity contribution < 1.29 is 4.79 Å². The number of carbonyl (C=O) groups is 1. The Morgan fingerprint density at radius 3 is 2.38 bits per heavy atom. The van der Waals surface area contributed by atoms with Gasteiger partial charge in [-0.3, -0.25) is 4.79 Å². The number of carbonyl (C=O) groups excluding carboxylic acids is 1. The first kappa shape index (κ1) is 15.6. The van der Waals surface area contributed by atoms with Crippen LogP contribution in [0.5, 0.6) is 0 Å². The van der Waals surface area contributed by atoms with Crippen LogP contribution in [-0.2, 0) is 5.33 Å². The average molecular weight is 347 g/mol. The largest absolute Gasteiger partial charge is 0.373 e. The number of amides is 1. The summed E-state index contributed by atoms with van der Waals surface area (Å²) in [5.41, 5.74) is 3.01. The molecule has 4 heteroatoms. The molecule has 0 bridgehead atoms. The molecule has 0 atom stereocenters. The van der Waals surface area contributed by atoms with Gasteiger partial charge >= 0.3 is 0 Å². The smallest absolute Gasteiger partial charge is 0.251 e. The minimum absolute atomic E-state index is 0.0300. The highest BCUT2D eigenvalue weighted by Crippen LogP contribution is 2.10. The van der Waals surface area contributed by atoms with E-state index in [1.54, 1.807) is 0 Å². The zero-order valence-corrected chi connectivity index (χ0v) is 13.6. The summed E-state index contributed by atoms with van der Waals surface area (Å²) in [7, 11) is 2.02. The molecule has 0 radical (unpaired) electrons. The monoisotopic (exact) mass is 346 g/mol. The van der Waals surface area contributed by atoms with E-state index in [1.165, 1.54) is 0 Å². The normalized spacial score (nSPS) is 10.2. The van der Waals surface area contributed by atoms with E-state index in [9.17, 15) is 4.79 Å². The Bertz CT molecular complexity index is 569. The van der Waals surface area contributed by atoms with Gasteiger partial charge in [0.2, 0.25) is 0 Å². The van der Waals surface area contributed by atoms with E-state index in [2.05, 4.69) is 38.3 Å². The third-order valence-corrected chi connectivity index (χ3v) is 3.95. The SMILES string of the molecule is CN(CCNC(=O)c1ccc(CBr)cc1)c1ccccc1. The van der Waals surface area contributed by atoms with Crippen LogP contribution in [0.25, 0.3) is 0 Å². The lowest BCUT2D eigenvalue weighted by molar-refractivity contribution is 0.0955. The third-order valence-electron chi connectivity index (χ3n) is 3.30. The number of benzene rings is 2. The topological polar surface area (TPSA) is 32.3 Å². The number of para-hydroxylation sites is 1. The number of nitrogens with one attached hydrogen (secondary N) is 1. The Kier molecular flexibility index (Phi) is 5.81. The molecule has 21 heavy (non-hydrogen) atoms. The van der Waals surface area contributed by atoms with E-state index < -0.39 is 0 Å². The molecule has 1 N–H and O–H groups in total. The first-order valence-corrected chi connectivity index (χ1v) is 8.02. The van der Waals surface area contributed by atoms with Crippen molar-refractivity contribution in [3.63, 3.8) is 0 Å². The summed E-state index contributed by atoms with van der Waals surface area (Å²) < 4.78 is 0. The molecular formula is C17H19BrN2O. The lowest BCUT2D eigenvalue weighted by atomic mass is 10.1. The molecule has 0 aliphatic rings. The van der Waals surface area contributed by atoms with Gasteiger partial charge in [0.15, 0.2) is 0 Å². The van der Waals surface area contributed by atoms with E-state index >= 15 is 0 Å². The van der Waals surface area contributed by atoms with Crippen molar-refractivity contribution in [3.8, 4) is 0 Å². The van der Waals surface area contributed by atoms with Crippen LogP contribution >= 0.6 is 15.9 Å². The van der Waals surface area contributed by atoms with Crippen molar-refractivity contribution >= 4 is 27.5 Å². The van der Waals surface area contributed by atoms with E-state index in [0.717, 1.165) is 23.1 Å². The van der Waals surface area contributed by atoms with Gasteiger partial charge in [-0.25, -0.2) is 0 Å². The first-order valence-electron chi connectivity index (χ1n) is 6.90. The van der Waals surface area contributed by atoms with E-state index in [0.29, 0.717) is 12.1 Å². The van der Waals surface area contributed by atoms with Crippen molar-refractivity contribution in [3.05, 3.63) is 65.7 Å². The molecule has 0 aliphatic carbocycles. The Morgan fingerprint density at radius 2 is 1.76 bits per heavy atom. The highest BCUT2D eigenvalue weighted by Gasteiger charge is 2.05. The minimum Gasteiger partial charge on any atom is -0.373 e. The van der Waals surface area contributed by atoms with Crippen LogP contribution in [-0.4, -0.2) is 26.0 Å². The predicted octanol–water partition coefficient (Wildman–Crippen LogP) is 3.45. The van der Waals surface area contributed by atoms with Crippen LogP contribution < -0.4 is 10.2 Å². The molecule has 1 amide bonds. The average Bonchev–Trinajstić information content (AvgIpc) is 2.55. The molecule has 0 saturated heterocycles. The van der Waals surface area contributed by atoms with Crippen molar-refractivity contribution in [1.82, 2.24) is 5.32 Å². The van der Waals surface area contributed by atoms with Gasteiger partial charge in [0, 0.05) is 36.7 Å². The van der Waals surface area contributed by atoms with E-state index in [-0.39, 0.29) is 5.91 Å². The predicted molar refractivity (Wildman–Crippen MR) is 91.1 cm³/mol. The van der Waals surface area contributed by atoms with Gasteiger partial charge in [-0.05, 0) is 29.8 Å². The zero-order chi connectivity index (χ0) is 15.1. The van der Waals surface area contributed by atoms with E-state index in [4.69, 9.17) is 0 Å². The number of hydrogen-bond acceptors (Lipinski definition) is 2. The van der Waals surface area contributed by atoms with Crippen LogP contribution in [0.4, 0.5) is 5.69 Å². The van der Waals surface area contributed by atoms with Gasteiger partial charge in [-0.15, -0.1) is 0 Å². The molecule has 2 aromatic carbocycles. The van der Waals surface area contributed by atoms with Crippen molar-refractivity contribution in [2.24, 2.45) is 0 Å². The van der Waals surface area contributed by atoms with Gasteiger partial charge in [0.25, 0.3) is 5.91 Å². The van der Waals surface area contributed by atoms with Crippen molar-refractivity contribution in [2.45, 2.75) is 5.33 Å². The summed E-state index contributed by atoms with van der Waals surface area (Å²) in [5.74, 6) is -0.0300. The lowest BCUT2D eigenvalue weighted by Crippen LogP contribution is -2.32. The van der Waals surface area contributed by atoms with Gasteiger partial charge in [0.05, 0.1) is 0 Å². The minimum atomic E-state index is -0.0300. The third kappa shape index (κ3) is 4.60. The van der Waals surface area contributed by atoms with Crippen LogP contribution in [0.1, 0.15) is 15.9 Å². The van der Waals surface area contributed by atoms with Gasteiger partial charge in [-0.1, -0.05) is 46.3 Å². The van der Waals surface area contributed by atoms with Crippen LogP contribution in [0.2, 0.25) is 0 Å². The molecule has 110 valence electrons. The fraction of sp³-hybridized carbons (Fsp3) is 0.235. The maximum atomic E-state index is 12.0. The maximum Gasteiger partial charge on any atom is 0.251 e. The second-order valence-corrected chi connectivity index (χ2v) is 5.40. The first-order chi connectivity index (χ1) is 10.2. The van der Waals surface area contributed by atoms with E-state index in [1.807, 2.05) is 49.5 Å². The Labute approximate surface area is 134 Å². The number of halogens is 1. The Balaban J connectivity index is 1.81. The summed E-state index contributed by atoms with van der Waals surface area (Å²) in [6.45, 7) is 1.39.